The van der Waals surface area contributed by atoms with Crippen LogP contribution in [0.5, 0.6) is 0 Å². The van der Waals surface area contributed by atoms with Gasteiger partial charge in [0, 0.05) is 28.8 Å². The lowest BCUT2D eigenvalue weighted by atomic mass is 10.1. The molecule has 0 aliphatic rings. The molecule has 1 atom stereocenters. The van der Waals surface area contributed by atoms with Crippen LogP contribution in [0.25, 0.3) is 0 Å². The highest BCUT2D eigenvalue weighted by molar-refractivity contribution is 9.10. The Morgan fingerprint density at radius 2 is 2.00 bits per heavy atom. The summed E-state index contributed by atoms with van der Waals surface area (Å²) in [7, 11) is 0. The highest BCUT2D eigenvalue weighted by Gasteiger charge is 2.14. The third-order valence-corrected chi connectivity index (χ3v) is 4.03. The highest BCUT2D eigenvalue weighted by Crippen LogP contribution is 2.23. The fourth-order valence-electron chi connectivity index (χ4n) is 2.03. The predicted octanol–water partition coefficient (Wildman–Crippen LogP) is 4.25. The second kappa shape index (κ2) is 6.10. The smallest absolute Gasteiger partial charge is 0.0543 e. The molecule has 0 spiro atoms. The highest BCUT2D eigenvalue weighted by atomic mass is 79.9. The Kier molecular flexibility index (Phi) is 4.66. The summed E-state index contributed by atoms with van der Waals surface area (Å²) < 4.78 is 3.15. The molecule has 0 fully saturated rings. The summed E-state index contributed by atoms with van der Waals surface area (Å²) in [4.78, 5) is 0. The SMILES string of the molecule is C[C@@H](NCc1cnn(C(C)(C)C)c1)c1ccccc1Br. The van der Waals surface area contributed by atoms with Crippen LogP contribution in [0.3, 0.4) is 0 Å². The predicted molar refractivity (Wildman–Crippen MR) is 86.6 cm³/mol. The van der Waals surface area contributed by atoms with Crippen LogP contribution in [0.4, 0.5) is 0 Å². The van der Waals surface area contributed by atoms with E-state index < -0.39 is 0 Å². The average Bonchev–Trinajstić information content (AvgIpc) is 2.85. The lowest BCUT2D eigenvalue weighted by Crippen LogP contribution is -2.22. The van der Waals surface area contributed by atoms with Gasteiger partial charge in [-0.2, -0.15) is 5.10 Å². The molecule has 1 N–H and O–H groups in total. The first-order chi connectivity index (χ1) is 9.38. The summed E-state index contributed by atoms with van der Waals surface area (Å²) in [6.45, 7) is 9.45. The molecule has 0 saturated heterocycles. The van der Waals surface area contributed by atoms with Crippen molar-refractivity contribution in [3.05, 3.63) is 52.3 Å². The largest absolute Gasteiger partial charge is 0.306 e. The van der Waals surface area contributed by atoms with Crippen molar-refractivity contribution in [2.75, 3.05) is 0 Å². The van der Waals surface area contributed by atoms with Gasteiger partial charge in [-0.1, -0.05) is 34.1 Å². The Labute approximate surface area is 129 Å². The van der Waals surface area contributed by atoms with Crippen LogP contribution in [0.15, 0.2) is 41.1 Å². The van der Waals surface area contributed by atoms with E-state index in [4.69, 9.17) is 0 Å². The van der Waals surface area contributed by atoms with Crippen LogP contribution >= 0.6 is 15.9 Å². The van der Waals surface area contributed by atoms with Gasteiger partial charge in [0.2, 0.25) is 0 Å². The zero-order chi connectivity index (χ0) is 14.8. The molecule has 0 bridgehead atoms. The van der Waals surface area contributed by atoms with Crippen LogP contribution in [0, 0.1) is 0 Å². The lowest BCUT2D eigenvalue weighted by molar-refractivity contribution is 0.355. The van der Waals surface area contributed by atoms with E-state index >= 15 is 0 Å². The van der Waals surface area contributed by atoms with Crippen molar-refractivity contribution in [3.8, 4) is 0 Å². The first kappa shape index (κ1) is 15.3. The van der Waals surface area contributed by atoms with Gasteiger partial charge in [0.25, 0.3) is 0 Å². The summed E-state index contributed by atoms with van der Waals surface area (Å²) in [6.07, 6.45) is 4.05. The maximum atomic E-state index is 4.42. The standard InChI is InChI=1S/C16H22BrN3/c1-12(14-7-5-6-8-15(14)17)18-9-13-10-19-20(11-13)16(2,3)4/h5-8,10-12,18H,9H2,1-4H3/t12-/m1/s1. The number of hydrogen-bond acceptors (Lipinski definition) is 2. The van der Waals surface area contributed by atoms with Crippen molar-refractivity contribution in [1.82, 2.24) is 15.1 Å². The van der Waals surface area contributed by atoms with Crippen molar-refractivity contribution in [2.24, 2.45) is 0 Å². The molecule has 1 aromatic heterocycles. The van der Waals surface area contributed by atoms with Gasteiger partial charge in [-0.15, -0.1) is 0 Å². The topological polar surface area (TPSA) is 29.9 Å². The van der Waals surface area contributed by atoms with Crippen molar-refractivity contribution in [2.45, 2.75) is 45.8 Å². The number of aromatic nitrogens is 2. The van der Waals surface area contributed by atoms with Crippen LogP contribution in [0.2, 0.25) is 0 Å². The van der Waals surface area contributed by atoms with Gasteiger partial charge >= 0.3 is 0 Å². The number of nitrogens with zero attached hydrogens (tertiary/aromatic N) is 2. The van der Waals surface area contributed by atoms with E-state index in [1.54, 1.807) is 0 Å². The van der Waals surface area contributed by atoms with Crippen molar-refractivity contribution >= 4 is 15.9 Å². The van der Waals surface area contributed by atoms with E-state index in [2.05, 4.69) is 78.4 Å². The second-order valence-electron chi connectivity index (χ2n) is 6.09. The van der Waals surface area contributed by atoms with Gasteiger partial charge in [0.1, 0.15) is 0 Å². The maximum Gasteiger partial charge on any atom is 0.0543 e. The van der Waals surface area contributed by atoms with Crippen LogP contribution in [-0.2, 0) is 12.1 Å². The van der Waals surface area contributed by atoms with Crippen molar-refractivity contribution in [3.63, 3.8) is 0 Å². The molecular weight excluding hydrogens is 314 g/mol. The van der Waals surface area contributed by atoms with E-state index in [0.29, 0.717) is 6.04 Å². The molecule has 3 nitrogen and oxygen atoms in total. The monoisotopic (exact) mass is 335 g/mol. The normalized spacial score (nSPS) is 13.4. The van der Waals surface area contributed by atoms with E-state index in [0.717, 1.165) is 11.0 Å². The molecule has 2 aromatic rings. The quantitative estimate of drug-likeness (QED) is 0.904. The number of benzene rings is 1. The third kappa shape index (κ3) is 3.70. The molecular formula is C16H22BrN3. The maximum absolute atomic E-state index is 4.42. The summed E-state index contributed by atoms with van der Waals surface area (Å²) in [5.41, 5.74) is 2.52. The molecule has 0 radical (unpaired) electrons. The van der Waals surface area contributed by atoms with Crippen LogP contribution in [0.1, 0.15) is 44.9 Å². The molecule has 0 aliphatic heterocycles. The first-order valence-electron chi connectivity index (χ1n) is 6.90. The minimum atomic E-state index is 0.0341. The first-order valence-corrected chi connectivity index (χ1v) is 7.69. The van der Waals surface area contributed by atoms with Gasteiger partial charge < -0.3 is 5.32 Å². The molecule has 1 heterocycles. The molecule has 0 unspecified atom stereocenters. The Bertz CT molecular complexity index is 569. The zero-order valence-electron chi connectivity index (χ0n) is 12.5. The van der Waals surface area contributed by atoms with Gasteiger partial charge in [-0.05, 0) is 39.3 Å². The molecule has 20 heavy (non-hydrogen) atoms. The summed E-state index contributed by atoms with van der Waals surface area (Å²) in [6, 6.07) is 8.61. The number of hydrogen-bond donors (Lipinski definition) is 1. The Hall–Kier alpha value is -1.13. The average molecular weight is 336 g/mol. The zero-order valence-corrected chi connectivity index (χ0v) is 14.1. The summed E-state index contributed by atoms with van der Waals surface area (Å²) >= 11 is 3.60. The third-order valence-electron chi connectivity index (χ3n) is 3.31. The molecule has 4 heteroatoms. The Morgan fingerprint density at radius 1 is 1.30 bits per heavy atom. The molecule has 0 saturated carbocycles. The molecule has 0 aliphatic carbocycles. The summed E-state index contributed by atoms with van der Waals surface area (Å²) in [5, 5.41) is 7.96. The number of halogens is 1. The van der Waals surface area contributed by atoms with Gasteiger partial charge in [0.15, 0.2) is 0 Å². The van der Waals surface area contributed by atoms with Crippen molar-refractivity contribution in [1.29, 1.82) is 0 Å². The molecule has 2 rings (SSSR count). The molecule has 1 aromatic carbocycles. The van der Waals surface area contributed by atoms with E-state index in [9.17, 15) is 0 Å². The van der Waals surface area contributed by atoms with Gasteiger partial charge in [0.05, 0.1) is 11.7 Å². The minimum absolute atomic E-state index is 0.0341. The second-order valence-corrected chi connectivity index (χ2v) is 6.94. The van der Waals surface area contributed by atoms with E-state index in [-0.39, 0.29) is 5.54 Å². The number of nitrogens with one attached hydrogen (secondary N) is 1. The molecule has 0 amide bonds. The lowest BCUT2D eigenvalue weighted by Gasteiger charge is -2.19. The van der Waals surface area contributed by atoms with Gasteiger partial charge in [-0.25, -0.2) is 0 Å². The minimum Gasteiger partial charge on any atom is -0.306 e. The van der Waals surface area contributed by atoms with Crippen LogP contribution < -0.4 is 5.32 Å². The van der Waals surface area contributed by atoms with E-state index in [1.165, 1.54) is 11.1 Å². The fraction of sp³-hybridized carbons (Fsp3) is 0.438. The number of rotatable bonds is 4. The van der Waals surface area contributed by atoms with E-state index in [1.807, 2.05) is 16.9 Å². The Balaban J connectivity index is 1.99. The Morgan fingerprint density at radius 3 is 2.60 bits per heavy atom. The van der Waals surface area contributed by atoms with Gasteiger partial charge in [-0.3, -0.25) is 4.68 Å². The molecule has 108 valence electrons. The van der Waals surface area contributed by atoms with Crippen molar-refractivity contribution < 1.29 is 0 Å². The fourth-order valence-corrected chi connectivity index (χ4v) is 2.65. The summed E-state index contributed by atoms with van der Waals surface area (Å²) in [5.74, 6) is 0. The van der Waals surface area contributed by atoms with Crippen LogP contribution in [-0.4, -0.2) is 9.78 Å².